The molecular weight excluding hydrogens is 278 g/mol. The van der Waals surface area contributed by atoms with E-state index in [-0.39, 0.29) is 18.2 Å². The summed E-state index contributed by atoms with van der Waals surface area (Å²) in [5.41, 5.74) is 0.552. The van der Waals surface area contributed by atoms with Crippen LogP contribution in [0.4, 0.5) is 8.78 Å². The van der Waals surface area contributed by atoms with Crippen LogP contribution >= 0.6 is 0 Å². The van der Waals surface area contributed by atoms with E-state index in [2.05, 4.69) is 15.4 Å². The number of halogens is 2. The molecule has 1 saturated heterocycles. The Morgan fingerprint density at radius 3 is 2.76 bits per heavy atom. The molecule has 6 heteroatoms. The molecule has 116 valence electrons. The van der Waals surface area contributed by atoms with Gasteiger partial charge in [0.25, 0.3) is 0 Å². The van der Waals surface area contributed by atoms with Gasteiger partial charge in [-0.2, -0.15) is 8.78 Å². The number of carbonyl (C=O) groups excluding carboxylic acids is 1. The van der Waals surface area contributed by atoms with Gasteiger partial charge < -0.3 is 15.4 Å². The smallest absolute Gasteiger partial charge is 0.387 e. The lowest BCUT2D eigenvalue weighted by atomic mass is 9.94. The minimum atomic E-state index is -2.86. The molecule has 1 aromatic carbocycles. The number of hydrogen-bond acceptors (Lipinski definition) is 3. The van der Waals surface area contributed by atoms with Crippen LogP contribution in [0.1, 0.15) is 24.8 Å². The summed E-state index contributed by atoms with van der Waals surface area (Å²) < 4.78 is 29.0. The molecule has 0 atom stereocenters. The Bertz CT molecular complexity index is 463. The molecule has 0 spiro atoms. The molecule has 2 rings (SSSR count). The molecule has 0 radical (unpaired) electrons. The van der Waals surface area contributed by atoms with Crippen LogP contribution in [0.25, 0.3) is 0 Å². The molecule has 0 bridgehead atoms. The number of piperidine rings is 1. The van der Waals surface area contributed by atoms with Gasteiger partial charge in [-0.25, -0.2) is 0 Å². The third kappa shape index (κ3) is 5.30. The molecule has 2 N–H and O–H groups in total. The number of carbonyl (C=O) groups is 1. The lowest BCUT2D eigenvalue weighted by Crippen LogP contribution is -2.32. The third-order valence-electron chi connectivity index (χ3n) is 3.60. The van der Waals surface area contributed by atoms with Gasteiger partial charge in [0.2, 0.25) is 5.91 Å². The number of amides is 1. The van der Waals surface area contributed by atoms with E-state index in [0.717, 1.165) is 25.9 Å². The van der Waals surface area contributed by atoms with Gasteiger partial charge in [0, 0.05) is 18.5 Å². The van der Waals surface area contributed by atoms with Crippen LogP contribution in [-0.2, 0) is 11.3 Å². The third-order valence-corrected chi connectivity index (χ3v) is 3.60. The van der Waals surface area contributed by atoms with Crippen molar-refractivity contribution in [3.63, 3.8) is 0 Å². The number of ether oxygens (including phenoxy) is 1. The highest BCUT2D eigenvalue weighted by Crippen LogP contribution is 2.20. The molecule has 1 aliphatic rings. The van der Waals surface area contributed by atoms with Crippen molar-refractivity contribution in [2.24, 2.45) is 5.92 Å². The van der Waals surface area contributed by atoms with E-state index in [0.29, 0.717) is 17.9 Å². The summed E-state index contributed by atoms with van der Waals surface area (Å²) in [7, 11) is 0. The molecule has 0 unspecified atom stereocenters. The van der Waals surface area contributed by atoms with Gasteiger partial charge in [0.1, 0.15) is 5.75 Å². The van der Waals surface area contributed by atoms with Gasteiger partial charge in [0.05, 0.1) is 0 Å². The second-order valence-corrected chi connectivity index (χ2v) is 5.16. The zero-order valence-corrected chi connectivity index (χ0v) is 11.8. The van der Waals surface area contributed by atoms with Crippen LogP contribution < -0.4 is 15.4 Å². The lowest BCUT2D eigenvalue weighted by molar-refractivity contribution is -0.122. The van der Waals surface area contributed by atoms with Gasteiger partial charge in [-0.1, -0.05) is 18.2 Å². The number of rotatable bonds is 6. The van der Waals surface area contributed by atoms with Gasteiger partial charge in [-0.3, -0.25) is 4.79 Å². The van der Waals surface area contributed by atoms with Crippen molar-refractivity contribution < 1.29 is 18.3 Å². The number of nitrogens with one attached hydrogen (secondary N) is 2. The van der Waals surface area contributed by atoms with Crippen molar-refractivity contribution in [2.45, 2.75) is 32.4 Å². The van der Waals surface area contributed by atoms with E-state index in [1.54, 1.807) is 18.2 Å². The maximum absolute atomic E-state index is 12.3. The fourth-order valence-corrected chi connectivity index (χ4v) is 2.47. The van der Waals surface area contributed by atoms with Crippen LogP contribution in [-0.4, -0.2) is 25.6 Å². The van der Waals surface area contributed by atoms with Crippen molar-refractivity contribution in [3.05, 3.63) is 29.8 Å². The van der Waals surface area contributed by atoms with E-state index in [1.807, 2.05) is 0 Å². The van der Waals surface area contributed by atoms with Crippen LogP contribution in [0.15, 0.2) is 24.3 Å². The number of benzene rings is 1. The predicted octanol–water partition coefficient (Wildman–Crippen LogP) is 2.29. The predicted molar refractivity (Wildman–Crippen MR) is 75.1 cm³/mol. The highest BCUT2D eigenvalue weighted by atomic mass is 19.3. The van der Waals surface area contributed by atoms with Crippen molar-refractivity contribution in [1.82, 2.24) is 10.6 Å². The van der Waals surface area contributed by atoms with Crippen molar-refractivity contribution >= 4 is 5.91 Å². The van der Waals surface area contributed by atoms with Crippen LogP contribution in [0.5, 0.6) is 5.75 Å². The van der Waals surface area contributed by atoms with Gasteiger partial charge in [0.15, 0.2) is 0 Å². The number of alkyl halides is 2. The van der Waals surface area contributed by atoms with Crippen LogP contribution in [0.3, 0.4) is 0 Å². The van der Waals surface area contributed by atoms with Crippen LogP contribution in [0, 0.1) is 5.92 Å². The number of para-hydroxylation sites is 1. The second kappa shape index (κ2) is 7.93. The standard InChI is InChI=1S/C15H20F2N2O2/c16-15(17)21-13-4-2-1-3-12(13)10-19-14(20)9-11-5-7-18-8-6-11/h1-4,11,15,18H,5-10H2,(H,19,20). The summed E-state index contributed by atoms with van der Waals surface area (Å²) in [4.78, 5) is 11.9. The van der Waals surface area contributed by atoms with E-state index in [4.69, 9.17) is 0 Å². The van der Waals surface area contributed by atoms with E-state index >= 15 is 0 Å². The first-order chi connectivity index (χ1) is 10.1. The largest absolute Gasteiger partial charge is 0.434 e. The Kier molecular flexibility index (Phi) is 5.92. The summed E-state index contributed by atoms with van der Waals surface area (Å²) in [6.07, 6.45) is 2.48. The van der Waals surface area contributed by atoms with Crippen molar-refractivity contribution in [2.75, 3.05) is 13.1 Å². The Labute approximate surface area is 122 Å². The maximum atomic E-state index is 12.3. The minimum absolute atomic E-state index is 0.0475. The summed E-state index contributed by atoms with van der Waals surface area (Å²) in [6, 6.07) is 6.49. The molecule has 0 aromatic heterocycles. The Morgan fingerprint density at radius 2 is 2.05 bits per heavy atom. The summed E-state index contributed by atoms with van der Waals surface area (Å²) in [6.45, 7) is -0.768. The van der Waals surface area contributed by atoms with Gasteiger partial charge in [-0.05, 0) is 37.9 Å². The molecule has 1 fully saturated rings. The van der Waals surface area contributed by atoms with Gasteiger partial charge >= 0.3 is 6.61 Å². The molecule has 1 heterocycles. The van der Waals surface area contributed by atoms with Gasteiger partial charge in [-0.15, -0.1) is 0 Å². The molecule has 4 nitrogen and oxygen atoms in total. The molecular formula is C15H20F2N2O2. The first-order valence-electron chi connectivity index (χ1n) is 7.15. The van der Waals surface area contributed by atoms with E-state index < -0.39 is 6.61 Å². The molecule has 1 amide bonds. The normalized spacial score (nSPS) is 16.0. The summed E-state index contributed by atoms with van der Waals surface area (Å²) >= 11 is 0. The minimum Gasteiger partial charge on any atom is -0.434 e. The molecule has 1 aliphatic heterocycles. The van der Waals surface area contributed by atoms with E-state index in [1.165, 1.54) is 6.07 Å². The fraction of sp³-hybridized carbons (Fsp3) is 0.533. The molecule has 21 heavy (non-hydrogen) atoms. The molecule has 0 saturated carbocycles. The molecule has 0 aliphatic carbocycles. The first-order valence-corrected chi connectivity index (χ1v) is 7.15. The topological polar surface area (TPSA) is 50.4 Å². The second-order valence-electron chi connectivity index (χ2n) is 5.16. The average Bonchev–Trinajstić information content (AvgIpc) is 2.47. The lowest BCUT2D eigenvalue weighted by Gasteiger charge is -2.22. The Hall–Kier alpha value is -1.69. The number of hydrogen-bond donors (Lipinski definition) is 2. The monoisotopic (exact) mass is 298 g/mol. The first kappa shape index (κ1) is 15.7. The van der Waals surface area contributed by atoms with Crippen molar-refractivity contribution in [3.8, 4) is 5.75 Å². The highest BCUT2D eigenvalue weighted by Gasteiger charge is 2.17. The highest BCUT2D eigenvalue weighted by molar-refractivity contribution is 5.76. The van der Waals surface area contributed by atoms with Crippen molar-refractivity contribution in [1.29, 1.82) is 0 Å². The summed E-state index contributed by atoms with van der Waals surface area (Å²) in [5.74, 6) is 0.460. The summed E-state index contributed by atoms with van der Waals surface area (Å²) in [5, 5.41) is 6.03. The SMILES string of the molecule is O=C(CC1CCNCC1)NCc1ccccc1OC(F)F. The zero-order chi connectivity index (χ0) is 15.1. The fourth-order valence-electron chi connectivity index (χ4n) is 2.47. The Morgan fingerprint density at radius 1 is 1.33 bits per heavy atom. The maximum Gasteiger partial charge on any atom is 0.387 e. The Balaban J connectivity index is 1.83. The zero-order valence-electron chi connectivity index (χ0n) is 11.8. The average molecular weight is 298 g/mol. The quantitative estimate of drug-likeness (QED) is 0.847. The van der Waals surface area contributed by atoms with E-state index in [9.17, 15) is 13.6 Å². The van der Waals surface area contributed by atoms with Crippen LogP contribution in [0.2, 0.25) is 0 Å². The molecule has 1 aromatic rings.